The van der Waals surface area contributed by atoms with Gasteiger partial charge in [-0.15, -0.1) is 0 Å². The van der Waals surface area contributed by atoms with E-state index < -0.39 is 0 Å². The minimum absolute atomic E-state index is 0.122. The molecule has 3 heteroatoms. The number of anilines is 1. The third-order valence-electron chi connectivity index (χ3n) is 4.49. The Morgan fingerprint density at radius 1 is 1.30 bits per heavy atom. The SMILES string of the molecule is C[C@H]1CCCN(CC(=O)Nc2ccc3c(c2)CCC3)C1. The predicted octanol–water partition coefficient (Wildman–Crippen LogP) is 2.85. The number of nitrogens with one attached hydrogen (secondary N) is 1. The Morgan fingerprint density at radius 2 is 2.15 bits per heavy atom. The van der Waals surface area contributed by atoms with Gasteiger partial charge >= 0.3 is 0 Å². The molecule has 1 aliphatic heterocycles. The summed E-state index contributed by atoms with van der Waals surface area (Å²) in [6.45, 7) is 4.91. The minimum atomic E-state index is 0.122. The Hall–Kier alpha value is -1.35. The van der Waals surface area contributed by atoms with Crippen LogP contribution in [0.15, 0.2) is 18.2 Å². The number of fused-ring (bicyclic) bond motifs is 1. The smallest absolute Gasteiger partial charge is 0.238 e. The fraction of sp³-hybridized carbons (Fsp3) is 0.588. The van der Waals surface area contributed by atoms with Crippen LogP contribution in [0.4, 0.5) is 5.69 Å². The second kappa shape index (κ2) is 5.96. The number of nitrogens with zero attached hydrogens (tertiary/aromatic N) is 1. The molecule has 0 aromatic heterocycles. The largest absolute Gasteiger partial charge is 0.325 e. The number of piperidine rings is 1. The van der Waals surface area contributed by atoms with Gasteiger partial charge in [0.25, 0.3) is 0 Å². The first-order valence-corrected chi connectivity index (χ1v) is 7.85. The quantitative estimate of drug-likeness (QED) is 0.917. The van der Waals surface area contributed by atoms with E-state index in [1.165, 1.54) is 36.8 Å². The highest BCUT2D eigenvalue weighted by atomic mass is 16.2. The molecule has 20 heavy (non-hydrogen) atoms. The Labute approximate surface area is 121 Å². The van der Waals surface area contributed by atoms with Gasteiger partial charge in [-0.1, -0.05) is 13.0 Å². The molecule has 2 aliphatic rings. The number of aryl methyl sites for hydroxylation is 2. The molecule has 1 saturated heterocycles. The van der Waals surface area contributed by atoms with Gasteiger partial charge in [-0.2, -0.15) is 0 Å². The third kappa shape index (κ3) is 3.21. The first kappa shape index (κ1) is 13.6. The maximum absolute atomic E-state index is 12.1. The number of likely N-dealkylation sites (tertiary alicyclic amines) is 1. The van der Waals surface area contributed by atoms with E-state index in [4.69, 9.17) is 0 Å². The summed E-state index contributed by atoms with van der Waals surface area (Å²) in [5.74, 6) is 0.841. The van der Waals surface area contributed by atoms with Crippen molar-refractivity contribution in [3.8, 4) is 0 Å². The number of rotatable bonds is 3. The van der Waals surface area contributed by atoms with Crippen molar-refractivity contribution < 1.29 is 4.79 Å². The average molecular weight is 272 g/mol. The Bertz CT molecular complexity index is 498. The van der Waals surface area contributed by atoms with E-state index in [2.05, 4.69) is 29.3 Å². The molecular weight excluding hydrogens is 248 g/mol. The number of carbonyl (C=O) groups excluding carboxylic acids is 1. The van der Waals surface area contributed by atoms with Crippen LogP contribution < -0.4 is 5.32 Å². The summed E-state index contributed by atoms with van der Waals surface area (Å²) in [6, 6.07) is 6.36. The van der Waals surface area contributed by atoms with Crippen molar-refractivity contribution in [1.82, 2.24) is 4.90 Å². The minimum Gasteiger partial charge on any atom is -0.325 e. The lowest BCUT2D eigenvalue weighted by atomic mass is 10.0. The zero-order chi connectivity index (χ0) is 13.9. The molecular formula is C17H24N2O. The van der Waals surface area contributed by atoms with Gasteiger partial charge in [0.05, 0.1) is 6.54 Å². The molecule has 1 aromatic rings. The molecule has 3 rings (SSSR count). The Kier molecular flexibility index (Phi) is 4.06. The van der Waals surface area contributed by atoms with Gasteiger partial charge in [0.15, 0.2) is 0 Å². The van der Waals surface area contributed by atoms with Gasteiger partial charge in [0.1, 0.15) is 0 Å². The number of hydrogen-bond acceptors (Lipinski definition) is 2. The van der Waals surface area contributed by atoms with Gasteiger partial charge in [-0.25, -0.2) is 0 Å². The van der Waals surface area contributed by atoms with Crippen molar-refractivity contribution in [3.63, 3.8) is 0 Å². The van der Waals surface area contributed by atoms with Crippen molar-refractivity contribution in [1.29, 1.82) is 0 Å². The summed E-state index contributed by atoms with van der Waals surface area (Å²) in [5.41, 5.74) is 3.82. The molecule has 1 heterocycles. The van der Waals surface area contributed by atoms with Gasteiger partial charge in [-0.05, 0) is 67.8 Å². The summed E-state index contributed by atoms with van der Waals surface area (Å²) in [6.07, 6.45) is 6.10. The predicted molar refractivity (Wildman–Crippen MR) is 81.9 cm³/mol. The topological polar surface area (TPSA) is 32.3 Å². The van der Waals surface area contributed by atoms with Crippen LogP contribution in [0.1, 0.15) is 37.3 Å². The zero-order valence-corrected chi connectivity index (χ0v) is 12.3. The molecule has 1 atom stereocenters. The number of hydrogen-bond donors (Lipinski definition) is 1. The molecule has 0 bridgehead atoms. The van der Waals surface area contributed by atoms with Crippen LogP contribution >= 0.6 is 0 Å². The lowest BCUT2D eigenvalue weighted by molar-refractivity contribution is -0.117. The second-order valence-electron chi connectivity index (χ2n) is 6.37. The van der Waals surface area contributed by atoms with Gasteiger partial charge in [0.2, 0.25) is 5.91 Å². The van der Waals surface area contributed by atoms with Gasteiger partial charge in [-0.3, -0.25) is 9.69 Å². The Balaban J connectivity index is 1.56. The van der Waals surface area contributed by atoms with Crippen LogP contribution in [0.25, 0.3) is 0 Å². The van der Waals surface area contributed by atoms with Crippen molar-refractivity contribution in [2.24, 2.45) is 5.92 Å². The van der Waals surface area contributed by atoms with Crippen LogP contribution in [0.5, 0.6) is 0 Å². The van der Waals surface area contributed by atoms with E-state index in [-0.39, 0.29) is 5.91 Å². The monoisotopic (exact) mass is 272 g/mol. The summed E-state index contributed by atoms with van der Waals surface area (Å²) < 4.78 is 0. The summed E-state index contributed by atoms with van der Waals surface area (Å²) in [4.78, 5) is 14.4. The standard InChI is InChI=1S/C17H24N2O/c1-13-4-3-9-19(11-13)12-17(20)18-16-8-7-14-5-2-6-15(14)10-16/h7-8,10,13H,2-6,9,11-12H2,1H3,(H,18,20)/t13-/m0/s1. The van der Waals surface area contributed by atoms with Crippen LogP contribution in [0.3, 0.4) is 0 Å². The summed E-state index contributed by atoms with van der Waals surface area (Å²) >= 11 is 0. The van der Waals surface area contributed by atoms with E-state index in [1.807, 2.05) is 6.07 Å². The van der Waals surface area contributed by atoms with E-state index in [9.17, 15) is 4.79 Å². The number of benzene rings is 1. The molecule has 0 spiro atoms. The summed E-state index contributed by atoms with van der Waals surface area (Å²) in [5, 5.41) is 3.05. The van der Waals surface area contributed by atoms with Crippen molar-refractivity contribution in [2.75, 3.05) is 25.0 Å². The first-order valence-electron chi connectivity index (χ1n) is 7.85. The molecule has 1 N–H and O–H groups in total. The van der Waals surface area contributed by atoms with Crippen LogP contribution in [-0.4, -0.2) is 30.4 Å². The molecule has 1 amide bonds. The van der Waals surface area contributed by atoms with E-state index in [0.29, 0.717) is 6.54 Å². The molecule has 108 valence electrons. The fourth-order valence-corrected chi connectivity index (χ4v) is 3.48. The second-order valence-corrected chi connectivity index (χ2v) is 6.37. The van der Waals surface area contributed by atoms with Gasteiger partial charge < -0.3 is 5.32 Å². The maximum atomic E-state index is 12.1. The van der Waals surface area contributed by atoms with Crippen molar-refractivity contribution in [3.05, 3.63) is 29.3 Å². The normalized spacial score (nSPS) is 22.6. The highest BCUT2D eigenvalue weighted by Gasteiger charge is 2.19. The fourth-order valence-electron chi connectivity index (χ4n) is 3.48. The van der Waals surface area contributed by atoms with Crippen molar-refractivity contribution in [2.45, 2.75) is 39.0 Å². The lowest BCUT2D eigenvalue weighted by Crippen LogP contribution is -2.39. The average Bonchev–Trinajstić information content (AvgIpc) is 2.86. The zero-order valence-electron chi connectivity index (χ0n) is 12.3. The van der Waals surface area contributed by atoms with Crippen molar-refractivity contribution >= 4 is 11.6 Å². The number of carbonyl (C=O) groups is 1. The number of amides is 1. The molecule has 0 radical (unpaired) electrons. The lowest BCUT2D eigenvalue weighted by Gasteiger charge is -2.30. The van der Waals surface area contributed by atoms with E-state index in [0.717, 1.165) is 31.1 Å². The van der Waals surface area contributed by atoms with E-state index >= 15 is 0 Å². The van der Waals surface area contributed by atoms with Crippen LogP contribution in [0, 0.1) is 5.92 Å². The van der Waals surface area contributed by atoms with Gasteiger partial charge in [0, 0.05) is 12.2 Å². The molecule has 1 fully saturated rings. The van der Waals surface area contributed by atoms with Crippen LogP contribution in [-0.2, 0) is 17.6 Å². The molecule has 1 aromatic carbocycles. The highest BCUT2D eigenvalue weighted by Crippen LogP contribution is 2.25. The highest BCUT2D eigenvalue weighted by molar-refractivity contribution is 5.92. The Morgan fingerprint density at radius 3 is 3.00 bits per heavy atom. The third-order valence-corrected chi connectivity index (χ3v) is 4.49. The van der Waals surface area contributed by atoms with Crippen LogP contribution in [0.2, 0.25) is 0 Å². The van der Waals surface area contributed by atoms with E-state index in [1.54, 1.807) is 0 Å². The molecule has 1 aliphatic carbocycles. The molecule has 3 nitrogen and oxygen atoms in total. The first-order chi connectivity index (χ1) is 9.70. The molecule has 0 saturated carbocycles. The summed E-state index contributed by atoms with van der Waals surface area (Å²) in [7, 11) is 0. The molecule has 0 unspecified atom stereocenters. The maximum Gasteiger partial charge on any atom is 0.238 e.